The normalized spacial score (nSPS) is 11.1. The third-order valence-corrected chi connectivity index (χ3v) is 3.94. The Kier molecular flexibility index (Phi) is 5.03. The summed E-state index contributed by atoms with van der Waals surface area (Å²) >= 11 is 0. The van der Waals surface area contributed by atoms with E-state index in [1.165, 1.54) is 0 Å². The Hall–Kier alpha value is -3.48. The Labute approximate surface area is 157 Å². The van der Waals surface area contributed by atoms with E-state index in [4.69, 9.17) is 0 Å². The Morgan fingerprint density at radius 2 is 1.63 bits per heavy atom. The van der Waals surface area contributed by atoms with E-state index in [1.807, 2.05) is 20.8 Å². The third-order valence-electron chi connectivity index (χ3n) is 3.94. The molecule has 0 saturated heterocycles. The minimum Gasteiger partial charge on any atom is -0.322 e. The fourth-order valence-electron chi connectivity index (χ4n) is 2.39. The topological polar surface area (TPSA) is 99.8 Å². The van der Waals surface area contributed by atoms with Crippen molar-refractivity contribution in [2.75, 3.05) is 10.6 Å². The number of hydrogen-bond donors (Lipinski definition) is 3. The number of nitrogens with zero attached hydrogens (tertiary/aromatic N) is 2. The van der Waals surface area contributed by atoms with Crippen LogP contribution in [0.1, 0.15) is 47.3 Å². The molecule has 3 N–H and O–H groups in total. The third kappa shape index (κ3) is 4.58. The zero-order valence-electron chi connectivity index (χ0n) is 15.4. The molecule has 1 aromatic carbocycles. The van der Waals surface area contributed by atoms with Gasteiger partial charge in [0.05, 0.1) is 0 Å². The van der Waals surface area contributed by atoms with Crippen LogP contribution in [0, 0.1) is 0 Å². The van der Waals surface area contributed by atoms with Gasteiger partial charge in [-0.15, -0.1) is 0 Å². The minimum absolute atomic E-state index is 0.128. The van der Waals surface area contributed by atoms with E-state index in [2.05, 4.69) is 25.8 Å². The number of nitrogens with one attached hydrogen (secondary N) is 3. The summed E-state index contributed by atoms with van der Waals surface area (Å²) in [6.07, 6.45) is 3.20. The second kappa shape index (κ2) is 7.41. The number of aromatic nitrogens is 3. The number of carbonyl (C=O) groups is 2. The number of carbonyl (C=O) groups excluding carboxylic acids is 2. The van der Waals surface area contributed by atoms with Crippen molar-refractivity contribution in [3.8, 4) is 0 Å². The lowest BCUT2D eigenvalue weighted by Crippen LogP contribution is -2.15. The number of pyridine rings is 1. The van der Waals surface area contributed by atoms with E-state index >= 15 is 0 Å². The summed E-state index contributed by atoms with van der Waals surface area (Å²) in [7, 11) is 0. The predicted octanol–water partition coefficient (Wildman–Crippen LogP) is 3.61. The summed E-state index contributed by atoms with van der Waals surface area (Å²) in [5.41, 5.74) is 2.64. The molecule has 2 heterocycles. The average molecular weight is 363 g/mol. The Bertz CT molecular complexity index is 958. The highest BCUT2D eigenvalue weighted by Crippen LogP contribution is 2.21. The minimum atomic E-state index is -0.339. The van der Waals surface area contributed by atoms with Crippen molar-refractivity contribution in [2.24, 2.45) is 0 Å². The number of anilines is 2. The van der Waals surface area contributed by atoms with E-state index in [0.29, 0.717) is 22.6 Å². The van der Waals surface area contributed by atoms with Crippen LogP contribution in [0.3, 0.4) is 0 Å². The predicted molar refractivity (Wildman–Crippen MR) is 104 cm³/mol. The highest BCUT2D eigenvalue weighted by molar-refractivity contribution is 6.06. The van der Waals surface area contributed by atoms with Crippen LogP contribution in [0.5, 0.6) is 0 Å². The summed E-state index contributed by atoms with van der Waals surface area (Å²) in [5.74, 6) is -0.611. The van der Waals surface area contributed by atoms with E-state index in [1.54, 1.807) is 54.9 Å². The first-order chi connectivity index (χ1) is 12.8. The van der Waals surface area contributed by atoms with Gasteiger partial charge in [0.15, 0.2) is 5.69 Å². The van der Waals surface area contributed by atoms with Crippen LogP contribution in [-0.4, -0.2) is 27.0 Å². The zero-order valence-corrected chi connectivity index (χ0v) is 15.4. The Balaban J connectivity index is 1.71. The fourth-order valence-corrected chi connectivity index (χ4v) is 2.39. The molecule has 3 aromatic rings. The highest BCUT2D eigenvalue weighted by Gasteiger charge is 2.19. The molecule has 0 bridgehead atoms. The smallest absolute Gasteiger partial charge is 0.276 e. The van der Waals surface area contributed by atoms with Gasteiger partial charge in [0.2, 0.25) is 0 Å². The number of amides is 2. The molecule has 7 heteroatoms. The Morgan fingerprint density at radius 3 is 2.30 bits per heavy atom. The standard InChI is InChI=1S/C20H21N5O2/c1-20(2,3)17-12-16(24-25-17)19(27)23-15-6-4-5-13(11-15)18(26)22-14-7-9-21-10-8-14/h4-12H,1-3H3,(H,23,27)(H,24,25)(H,21,22,26). The summed E-state index contributed by atoms with van der Waals surface area (Å²) in [5, 5.41) is 12.5. The monoisotopic (exact) mass is 363 g/mol. The largest absolute Gasteiger partial charge is 0.322 e. The molecule has 0 unspecified atom stereocenters. The second-order valence-corrected chi connectivity index (χ2v) is 7.14. The van der Waals surface area contributed by atoms with Crippen molar-refractivity contribution < 1.29 is 9.59 Å². The van der Waals surface area contributed by atoms with Gasteiger partial charge in [-0.05, 0) is 36.4 Å². The Morgan fingerprint density at radius 1 is 0.926 bits per heavy atom. The summed E-state index contributed by atoms with van der Waals surface area (Å²) in [6.45, 7) is 6.10. The molecular formula is C20H21N5O2. The van der Waals surface area contributed by atoms with Gasteiger partial charge in [0.1, 0.15) is 0 Å². The van der Waals surface area contributed by atoms with Gasteiger partial charge in [0.25, 0.3) is 11.8 Å². The average Bonchev–Trinajstić information content (AvgIpc) is 3.13. The van der Waals surface area contributed by atoms with Gasteiger partial charge in [-0.3, -0.25) is 19.7 Å². The lowest BCUT2D eigenvalue weighted by molar-refractivity contribution is 0.101. The lowest BCUT2D eigenvalue weighted by Gasteiger charge is -2.14. The number of rotatable bonds is 4. The van der Waals surface area contributed by atoms with Crippen molar-refractivity contribution in [1.82, 2.24) is 15.2 Å². The molecule has 0 atom stereocenters. The van der Waals surface area contributed by atoms with Gasteiger partial charge < -0.3 is 10.6 Å². The molecule has 0 fully saturated rings. The molecule has 0 spiro atoms. The molecule has 0 radical (unpaired) electrons. The zero-order chi connectivity index (χ0) is 19.4. The van der Waals surface area contributed by atoms with Crippen LogP contribution >= 0.6 is 0 Å². The summed E-state index contributed by atoms with van der Waals surface area (Å²) in [6, 6.07) is 11.9. The van der Waals surface area contributed by atoms with Gasteiger partial charge in [-0.2, -0.15) is 5.10 Å². The van der Waals surface area contributed by atoms with Gasteiger partial charge in [-0.1, -0.05) is 26.8 Å². The molecule has 0 saturated carbocycles. The lowest BCUT2D eigenvalue weighted by atomic mass is 9.92. The van der Waals surface area contributed by atoms with E-state index in [-0.39, 0.29) is 17.2 Å². The molecule has 138 valence electrons. The van der Waals surface area contributed by atoms with Crippen LogP contribution < -0.4 is 10.6 Å². The van der Waals surface area contributed by atoms with E-state index in [0.717, 1.165) is 5.69 Å². The number of hydrogen-bond acceptors (Lipinski definition) is 4. The molecule has 0 aliphatic rings. The van der Waals surface area contributed by atoms with E-state index in [9.17, 15) is 9.59 Å². The van der Waals surface area contributed by atoms with Crippen LogP contribution in [-0.2, 0) is 5.41 Å². The van der Waals surface area contributed by atoms with Gasteiger partial charge >= 0.3 is 0 Å². The van der Waals surface area contributed by atoms with Crippen molar-refractivity contribution in [2.45, 2.75) is 26.2 Å². The number of aromatic amines is 1. The molecule has 2 amide bonds. The van der Waals surface area contributed by atoms with Crippen molar-refractivity contribution in [1.29, 1.82) is 0 Å². The van der Waals surface area contributed by atoms with Crippen molar-refractivity contribution in [3.63, 3.8) is 0 Å². The van der Waals surface area contributed by atoms with Gasteiger partial charge in [-0.25, -0.2) is 0 Å². The van der Waals surface area contributed by atoms with Crippen molar-refractivity contribution in [3.05, 3.63) is 71.8 Å². The molecule has 27 heavy (non-hydrogen) atoms. The highest BCUT2D eigenvalue weighted by atomic mass is 16.2. The van der Waals surface area contributed by atoms with Crippen LogP contribution in [0.4, 0.5) is 11.4 Å². The summed E-state index contributed by atoms with van der Waals surface area (Å²) in [4.78, 5) is 28.7. The molecule has 2 aromatic heterocycles. The van der Waals surface area contributed by atoms with Gasteiger partial charge in [0, 0.05) is 40.4 Å². The van der Waals surface area contributed by atoms with Crippen LogP contribution in [0.2, 0.25) is 0 Å². The molecule has 7 nitrogen and oxygen atoms in total. The first kappa shape index (κ1) is 18.3. The molecule has 3 rings (SSSR count). The first-order valence-electron chi connectivity index (χ1n) is 8.51. The quantitative estimate of drug-likeness (QED) is 0.659. The SMILES string of the molecule is CC(C)(C)c1cc(C(=O)Nc2cccc(C(=O)Nc3ccncc3)c2)n[nH]1. The van der Waals surface area contributed by atoms with Crippen LogP contribution in [0.25, 0.3) is 0 Å². The summed E-state index contributed by atoms with van der Waals surface area (Å²) < 4.78 is 0. The second-order valence-electron chi connectivity index (χ2n) is 7.14. The number of benzene rings is 1. The van der Waals surface area contributed by atoms with Crippen molar-refractivity contribution >= 4 is 23.2 Å². The number of H-pyrrole nitrogens is 1. The maximum atomic E-state index is 12.4. The molecular weight excluding hydrogens is 342 g/mol. The molecule has 0 aliphatic heterocycles. The maximum Gasteiger partial charge on any atom is 0.276 e. The maximum absolute atomic E-state index is 12.4. The van der Waals surface area contributed by atoms with Crippen LogP contribution in [0.15, 0.2) is 54.9 Å². The fraction of sp³-hybridized carbons (Fsp3) is 0.200. The van der Waals surface area contributed by atoms with E-state index < -0.39 is 0 Å². The first-order valence-corrected chi connectivity index (χ1v) is 8.51. The molecule has 0 aliphatic carbocycles.